The zero-order valence-electron chi connectivity index (χ0n) is 14.8. The SMILES string of the molecule is O=S(=O)(Cc1cccc(F)c1)N1CCC(Oc2nc3c(Cl)cccc3s2)CC1. The van der Waals surface area contributed by atoms with Crippen LogP contribution in [0.25, 0.3) is 10.2 Å². The summed E-state index contributed by atoms with van der Waals surface area (Å²) in [7, 11) is -3.49. The van der Waals surface area contributed by atoms with Crippen molar-refractivity contribution in [1.29, 1.82) is 0 Å². The summed E-state index contributed by atoms with van der Waals surface area (Å²) < 4.78 is 46.9. The van der Waals surface area contributed by atoms with Crippen molar-refractivity contribution in [2.45, 2.75) is 24.7 Å². The van der Waals surface area contributed by atoms with Gasteiger partial charge >= 0.3 is 0 Å². The van der Waals surface area contributed by atoms with Crippen molar-refractivity contribution >= 4 is 43.2 Å². The summed E-state index contributed by atoms with van der Waals surface area (Å²) in [6, 6.07) is 11.3. The molecule has 3 aromatic rings. The van der Waals surface area contributed by atoms with E-state index in [4.69, 9.17) is 16.3 Å². The molecule has 9 heteroatoms. The number of para-hydroxylation sites is 1. The van der Waals surface area contributed by atoms with Gasteiger partial charge in [0.15, 0.2) is 0 Å². The van der Waals surface area contributed by atoms with Crippen molar-refractivity contribution in [2.75, 3.05) is 13.1 Å². The number of benzene rings is 2. The van der Waals surface area contributed by atoms with Crippen LogP contribution in [0.3, 0.4) is 0 Å². The van der Waals surface area contributed by atoms with Crippen LogP contribution in [0.4, 0.5) is 4.39 Å². The zero-order chi connectivity index (χ0) is 19.7. The summed E-state index contributed by atoms with van der Waals surface area (Å²) >= 11 is 7.58. The maximum atomic E-state index is 13.3. The molecular formula is C19H18ClFN2O3S2. The van der Waals surface area contributed by atoms with Crippen LogP contribution < -0.4 is 4.74 Å². The van der Waals surface area contributed by atoms with E-state index in [-0.39, 0.29) is 11.9 Å². The highest BCUT2D eigenvalue weighted by Crippen LogP contribution is 2.33. The number of ether oxygens (including phenoxy) is 1. The lowest BCUT2D eigenvalue weighted by atomic mass is 10.1. The van der Waals surface area contributed by atoms with E-state index in [9.17, 15) is 12.8 Å². The summed E-state index contributed by atoms with van der Waals surface area (Å²) in [5, 5.41) is 1.13. The van der Waals surface area contributed by atoms with Gasteiger partial charge in [0, 0.05) is 13.1 Å². The number of halogens is 2. The molecule has 1 aliphatic heterocycles. The summed E-state index contributed by atoms with van der Waals surface area (Å²) in [6.45, 7) is 0.738. The van der Waals surface area contributed by atoms with Gasteiger partial charge in [-0.05, 0) is 42.7 Å². The normalized spacial score (nSPS) is 16.5. The topological polar surface area (TPSA) is 59.5 Å². The van der Waals surface area contributed by atoms with Crippen LogP contribution >= 0.6 is 22.9 Å². The standard InChI is InChI=1S/C19H18ClFN2O3S2/c20-16-5-2-6-17-18(16)22-19(27-17)26-15-7-9-23(10-8-15)28(24,25)12-13-3-1-4-14(21)11-13/h1-6,11,15H,7-10,12H2. The second-order valence-corrected chi connectivity index (χ2v) is 10.0. The Bertz CT molecular complexity index is 1100. The highest BCUT2D eigenvalue weighted by Gasteiger charge is 2.29. The van der Waals surface area contributed by atoms with Crippen LogP contribution in [-0.4, -0.2) is 36.9 Å². The van der Waals surface area contributed by atoms with Gasteiger partial charge in [0.25, 0.3) is 5.19 Å². The minimum atomic E-state index is -3.49. The fraction of sp³-hybridized carbons (Fsp3) is 0.316. The first-order valence-corrected chi connectivity index (χ1v) is 11.6. The first-order valence-electron chi connectivity index (χ1n) is 8.85. The summed E-state index contributed by atoms with van der Waals surface area (Å²) in [6.07, 6.45) is 1.05. The number of thiazole rings is 1. The summed E-state index contributed by atoms with van der Waals surface area (Å²) in [5.74, 6) is -0.636. The Morgan fingerprint density at radius 3 is 2.68 bits per heavy atom. The number of hydrogen-bond donors (Lipinski definition) is 0. The number of rotatable bonds is 5. The second-order valence-electron chi connectivity index (χ2n) is 6.67. The zero-order valence-corrected chi connectivity index (χ0v) is 17.2. The lowest BCUT2D eigenvalue weighted by Gasteiger charge is -2.30. The number of nitrogens with zero attached hydrogens (tertiary/aromatic N) is 2. The molecule has 2 heterocycles. The lowest BCUT2D eigenvalue weighted by Crippen LogP contribution is -2.42. The van der Waals surface area contributed by atoms with Crippen LogP contribution in [0.15, 0.2) is 42.5 Å². The molecule has 28 heavy (non-hydrogen) atoms. The predicted molar refractivity (Wildman–Crippen MR) is 109 cm³/mol. The largest absolute Gasteiger partial charge is 0.467 e. The third kappa shape index (κ3) is 4.30. The molecule has 4 rings (SSSR count). The number of hydrogen-bond acceptors (Lipinski definition) is 5. The molecule has 5 nitrogen and oxygen atoms in total. The molecule has 148 valence electrons. The molecule has 0 aliphatic carbocycles. The molecule has 0 radical (unpaired) electrons. The van der Waals surface area contributed by atoms with Gasteiger partial charge < -0.3 is 4.74 Å². The molecule has 0 atom stereocenters. The van der Waals surface area contributed by atoms with Crippen molar-refractivity contribution in [1.82, 2.24) is 9.29 Å². The van der Waals surface area contributed by atoms with Crippen LogP contribution in [0.5, 0.6) is 5.19 Å². The Balaban J connectivity index is 1.37. The molecular weight excluding hydrogens is 423 g/mol. The third-order valence-corrected chi connectivity index (χ3v) is 7.72. The second kappa shape index (κ2) is 7.94. The molecule has 0 saturated carbocycles. The van der Waals surface area contributed by atoms with Gasteiger partial charge in [-0.3, -0.25) is 0 Å². The smallest absolute Gasteiger partial charge is 0.274 e. The maximum absolute atomic E-state index is 13.3. The summed E-state index contributed by atoms with van der Waals surface area (Å²) in [4.78, 5) is 4.44. The van der Waals surface area contributed by atoms with Gasteiger partial charge in [-0.2, -0.15) is 0 Å². The van der Waals surface area contributed by atoms with E-state index >= 15 is 0 Å². The highest BCUT2D eigenvalue weighted by molar-refractivity contribution is 7.88. The number of piperidine rings is 1. The minimum Gasteiger partial charge on any atom is -0.467 e. The van der Waals surface area contributed by atoms with Gasteiger partial charge in [-0.1, -0.05) is 41.1 Å². The van der Waals surface area contributed by atoms with Crippen LogP contribution in [0.1, 0.15) is 18.4 Å². The Hall–Kier alpha value is -1.74. The van der Waals surface area contributed by atoms with Gasteiger partial charge in [0.05, 0.1) is 15.5 Å². The van der Waals surface area contributed by atoms with Crippen molar-refractivity contribution in [3.05, 3.63) is 58.9 Å². The average Bonchev–Trinajstić information content (AvgIpc) is 3.06. The minimum absolute atomic E-state index is 0.0973. The monoisotopic (exact) mass is 440 g/mol. The Labute approximate surface area is 171 Å². The molecule has 1 saturated heterocycles. The first kappa shape index (κ1) is 19.6. The quantitative estimate of drug-likeness (QED) is 0.587. The van der Waals surface area contributed by atoms with E-state index in [1.165, 1.54) is 33.8 Å². The molecule has 1 fully saturated rings. The fourth-order valence-corrected chi connectivity index (χ4v) is 5.98. The molecule has 0 amide bonds. The Morgan fingerprint density at radius 1 is 1.21 bits per heavy atom. The van der Waals surface area contributed by atoms with Crippen molar-refractivity contribution in [2.24, 2.45) is 0 Å². The van der Waals surface area contributed by atoms with Crippen LogP contribution in [-0.2, 0) is 15.8 Å². The molecule has 0 unspecified atom stereocenters. The van der Waals surface area contributed by atoms with Gasteiger partial charge in [0.2, 0.25) is 10.0 Å². The van der Waals surface area contributed by atoms with Crippen molar-refractivity contribution in [3.8, 4) is 5.19 Å². The Kier molecular flexibility index (Phi) is 5.55. The van der Waals surface area contributed by atoms with E-state index in [1.54, 1.807) is 12.1 Å². The van der Waals surface area contributed by atoms with E-state index in [0.29, 0.717) is 41.7 Å². The predicted octanol–water partition coefficient (Wildman–Crippen LogP) is 4.46. The molecule has 0 N–H and O–H groups in total. The number of fused-ring (bicyclic) bond motifs is 1. The maximum Gasteiger partial charge on any atom is 0.274 e. The molecule has 0 spiro atoms. The van der Waals surface area contributed by atoms with Crippen LogP contribution in [0.2, 0.25) is 5.02 Å². The molecule has 1 aliphatic rings. The van der Waals surface area contributed by atoms with E-state index in [2.05, 4.69) is 4.98 Å². The number of aromatic nitrogens is 1. The van der Waals surface area contributed by atoms with Gasteiger partial charge in [-0.15, -0.1) is 0 Å². The van der Waals surface area contributed by atoms with E-state index in [0.717, 1.165) is 10.2 Å². The lowest BCUT2D eigenvalue weighted by molar-refractivity contribution is 0.135. The first-order chi connectivity index (χ1) is 13.4. The van der Waals surface area contributed by atoms with Crippen molar-refractivity contribution in [3.63, 3.8) is 0 Å². The van der Waals surface area contributed by atoms with Crippen molar-refractivity contribution < 1.29 is 17.5 Å². The summed E-state index contributed by atoms with van der Waals surface area (Å²) in [5.41, 5.74) is 1.17. The van der Waals surface area contributed by atoms with Crippen LogP contribution in [0, 0.1) is 5.82 Å². The highest BCUT2D eigenvalue weighted by atomic mass is 35.5. The van der Waals surface area contributed by atoms with E-state index in [1.807, 2.05) is 12.1 Å². The molecule has 1 aromatic heterocycles. The number of sulfonamides is 1. The fourth-order valence-electron chi connectivity index (χ4n) is 3.24. The van der Waals surface area contributed by atoms with Gasteiger partial charge in [0.1, 0.15) is 17.4 Å². The molecule has 0 bridgehead atoms. The van der Waals surface area contributed by atoms with E-state index < -0.39 is 15.8 Å². The average molecular weight is 441 g/mol. The Morgan fingerprint density at radius 2 is 1.96 bits per heavy atom. The third-order valence-electron chi connectivity index (χ3n) is 4.65. The van der Waals surface area contributed by atoms with Gasteiger partial charge in [-0.25, -0.2) is 22.1 Å². The molecule has 2 aromatic carbocycles.